The average Bonchev–Trinajstić information content (AvgIpc) is 2.66. The fraction of sp³-hybridized carbons (Fsp3) is 0.636. The van der Waals surface area contributed by atoms with Crippen LogP contribution < -0.4 is 5.32 Å². The van der Waals surface area contributed by atoms with E-state index in [9.17, 15) is 4.79 Å². The SMILES string of the molecule is O=C(NCc1ccno1)N1CCCCCC1. The van der Waals surface area contributed by atoms with Gasteiger partial charge in [-0.25, -0.2) is 4.79 Å². The first-order chi connectivity index (χ1) is 7.86. The molecule has 5 heteroatoms. The Kier molecular flexibility index (Phi) is 3.80. The lowest BCUT2D eigenvalue weighted by atomic mass is 10.2. The van der Waals surface area contributed by atoms with Crippen LogP contribution in [-0.2, 0) is 6.54 Å². The van der Waals surface area contributed by atoms with E-state index >= 15 is 0 Å². The predicted octanol–water partition coefficient (Wildman–Crippen LogP) is 1.76. The number of nitrogens with one attached hydrogen (secondary N) is 1. The maximum atomic E-state index is 11.8. The molecule has 0 aromatic carbocycles. The van der Waals surface area contributed by atoms with Crippen molar-refractivity contribution < 1.29 is 9.32 Å². The number of aromatic nitrogens is 1. The van der Waals surface area contributed by atoms with Crippen LogP contribution in [0.5, 0.6) is 0 Å². The second-order valence-electron chi connectivity index (χ2n) is 4.04. The molecule has 88 valence electrons. The van der Waals surface area contributed by atoms with Crippen LogP contribution >= 0.6 is 0 Å². The lowest BCUT2D eigenvalue weighted by Gasteiger charge is -2.20. The maximum absolute atomic E-state index is 11.8. The van der Waals surface area contributed by atoms with Crippen molar-refractivity contribution >= 4 is 6.03 Å². The van der Waals surface area contributed by atoms with Gasteiger partial charge >= 0.3 is 6.03 Å². The van der Waals surface area contributed by atoms with Gasteiger partial charge in [0.15, 0.2) is 5.76 Å². The standard InChI is InChI=1S/C11H17N3O2/c15-11(12-9-10-5-6-13-16-10)14-7-3-1-2-4-8-14/h5-6H,1-4,7-9H2,(H,12,15). The molecule has 5 nitrogen and oxygen atoms in total. The number of carbonyl (C=O) groups is 1. The highest BCUT2D eigenvalue weighted by molar-refractivity contribution is 5.74. The zero-order valence-electron chi connectivity index (χ0n) is 9.32. The van der Waals surface area contributed by atoms with Gasteiger partial charge in [0.1, 0.15) is 0 Å². The summed E-state index contributed by atoms with van der Waals surface area (Å²) in [7, 11) is 0. The van der Waals surface area contributed by atoms with Crippen molar-refractivity contribution in [3.8, 4) is 0 Å². The minimum Gasteiger partial charge on any atom is -0.360 e. The van der Waals surface area contributed by atoms with Gasteiger partial charge in [0, 0.05) is 19.2 Å². The smallest absolute Gasteiger partial charge is 0.317 e. The lowest BCUT2D eigenvalue weighted by molar-refractivity contribution is 0.198. The molecule has 2 amide bonds. The number of amides is 2. The molecule has 2 heterocycles. The molecule has 1 aliphatic heterocycles. The summed E-state index contributed by atoms with van der Waals surface area (Å²) in [5.74, 6) is 0.683. The zero-order chi connectivity index (χ0) is 11.2. The van der Waals surface area contributed by atoms with Crippen molar-refractivity contribution in [3.05, 3.63) is 18.0 Å². The molecular formula is C11H17N3O2. The molecule has 0 atom stereocenters. The molecule has 1 aliphatic rings. The number of hydrogen-bond donors (Lipinski definition) is 1. The van der Waals surface area contributed by atoms with E-state index in [4.69, 9.17) is 4.52 Å². The topological polar surface area (TPSA) is 58.4 Å². The fourth-order valence-corrected chi connectivity index (χ4v) is 1.88. The third kappa shape index (κ3) is 2.98. The molecule has 1 saturated heterocycles. The molecular weight excluding hydrogens is 206 g/mol. The van der Waals surface area contributed by atoms with Crippen LogP contribution in [0.3, 0.4) is 0 Å². The predicted molar refractivity (Wildman–Crippen MR) is 58.8 cm³/mol. The van der Waals surface area contributed by atoms with Crippen LogP contribution in [0.25, 0.3) is 0 Å². The third-order valence-electron chi connectivity index (χ3n) is 2.80. The van der Waals surface area contributed by atoms with Crippen molar-refractivity contribution in [1.29, 1.82) is 0 Å². The van der Waals surface area contributed by atoms with Gasteiger partial charge in [-0.1, -0.05) is 18.0 Å². The first kappa shape index (κ1) is 11.0. The van der Waals surface area contributed by atoms with Gasteiger partial charge in [0.05, 0.1) is 12.7 Å². The molecule has 16 heavy (non-hydrogen) atoms. The number of hydrogen-bond acceptors (Lipinski definition) is 3. The highest BCUT2D eigenvalue weighted by Crippen LogP contribution is 2.09. The van der Waals surface area contributed by atoms with E-state index in [1.165, 1.54) is 12.8 Å². The number of nitrogens with zero attached hydrogens (tertiary/aromatic N) is 2. The van der Waals surface area contributed by atoms with Gasteiger partial charge in [-0.2, -0.15) is 0 Å². The molecule has 0 saturated carbocycles. The zero-order valence-corrected chi connectivity index (χ0v) is 9.32. The van der Waals surface area contributed by atoms with Gasteiger partial charge in [0.25, 0.3) is 0 Å². The lowest BCUT2D eigenvalue weighted by Crippen LogP contribution is -2.40. The Labute approximate surface area is 94.8 Å². The highest BCUT2D eigenvalue weighted by atomic mass is 16.5. The first-order valence-electron chi connectivity index (χ1n) is 5.78. The van der Waals surface area contributed by atoms with Gasteiger partial charge in [-0.3, -0.25) is 0 Å². The summed E-state index contributed by atoms with van der Waals surface area (Å²) in [6.45, 7) is 2.14. The van der Waals surface area contributed by atoms with E-state index in [2.05, 4.69) is 10.5 Å². The first-order valence-corrected chi connectivity index (χ1v) is 5.78. The van der Waals surface area contributed by atoms with Crippen molar-refractivity contribution in [3.63, 3.8) is 0 Å². The highest BCUT2D eigenvalue weighted by Gasteiger charge is 2.15. The van der Waals surface area contributed by atoms with Crippen LogP contribution in [0, 0.1) is 0 Å². The molecule has 0 aliphatic carbocycles. The van der Waals surface area contributed by atoms with E-state index in [1.54, 1.807) is 12.3 Å². The Morgan fingerprint density at radius 2 is 2.12 bits per heavy atom. The normalized spacial score (nSPS) is 16.9. The van der Waals surface area contributed by atoms with Crippen LogP contribution in [-0.4, -0.2) is 29.2 Å². The third-order valence-corrected chi connectivity index (χ3v) is 2.80. The van der Waals surface area contributed by atoms with Gasteiger partial charge in [0.2, 0.25) is 0 Å². The summed E-state index contributed by atoms with van der Waals surface area (Å²) in [5, 5.41) is 6.42. The van der Waals surface area contributed by atoms with Gasteiger partial charge in [-0.15, -0.1) is 0 Å². The number of rotatable bonds is 2. The Bertz CT molecular complexity index is 316. The number of likely N-dealkylation sites (tertiary alicyclic amines) is 1. The Morgan fingerprint density at radius 3 is 2.75 bits per heavy atom. The van der Waals surface area contributed by atoms with E-state index in [1.807, 2.05) is 4.90 Å². The van der Waals surface area contributed by atoms with Crippen molar-refractivity contribution in [2.75, 3.05) is 13.1 Å². The van der Waals surface area contributed by atoms with Crippen LogP contribution in [0.15, 0.2) is 16.8 Å². The summed E-state index contributed by atoms with van der Waals surface area (Å²) in [6, 6.07) is 1.75. The largest absolute Gasteiger partial charge is 0.360 e. The Hall–Kier alpha value is -1.52. The average molecular weight is 223 g/mol. The molecule has 0 spiro atoms. The molecule has 0 bridgehead atoms. The van der Waals surface area contributed by atoms with Crippen LogP contribution in [0.1, 0.15) is 31.4 Å². The summed E-state index contributed by atoms with van der Waals surface area (Å²) in [6.07, 6.45) is 6.25. The van der Waals surface area contributed by atoms with Crippen molar-refractivity contribution in [2.45, 2.75) is 32.2 Å². The summed E-state index contributed by atoms with van der Waals surface area (Å²) in [5.41, 5.74) is 0. The summed E-state index contributed by atoms with van der Waals surface area (Å²) in [4.78, 5) is 13.7. The second-order valence-corrected chi connectivity index (χ2v) is 4.04. The summed E-state index contributed by atoms with van der Waals surface area (Å²) >= 11 is 0. The monoisotopic (exact) mass is 223 g/mol. The van der Waals surface area contributed by atoms with E-state index in [0.29, 0.717) is 12.3 Å². The van der Waals surface area contributed by atoms with Crippen LogP contribution in [0.4, 0.5) is 4.79 Å². The van der Waals surface area contributed by atoms with Gasteiger partial charge < -0.3 is 14.7 Å². The fourth-order valence-electron chi connectivity index (χ4n) is 1.88. The van der Waals surface area contributed by atoms with Crippen molar-refractivity contribution in [2.24, 2.45) is 0 Å². The molecule has 1 N–H and O–H groups in total. The van der Waals surface area contributed by atoms with Crippen molar-refractivity contribution in [1.82, 2.24) is 15.4 Å². The minimum atomic E-state index is -0.00157. The van der Waals surface area contributed by atoms with E-state index in [-0.39, 0.29) is 6.03 Å². The summed E-state index contributed by atoms with van der Waals surface area (Å²) < 4.78 is 4.91. The molecule has 1 aromatic heterocycles. The van der Waals surface area contributed by atoms with E-state index < -0.39 is 0 Å². The minimum absolute atomic E-state index is 0.00157. The quantitative estimate of drug-likeness (QED) is 0.831. The second kappa shape index (κ2) is 5.53. The molecule has 0 radical (unpaired) electrons. The molecule has 1 fully saturated rings. The maximum Gasteiger partial charge on any atom is 0.317 e. The number of urea groups is 1. The Balaban J connectivity index is 1.78. The van der Waals surface area contributed by atoms with Crippen LogP contribution in [0.2, 0.25) is 0 Å². The van der Waals surface area contributed by atoms with E-state index in [0.717, 1.165) is 25.9 Å². The molecule has 0 unspecified atom stereocenters. The van der Waals surface area contributed by atoms with Gasteiger partial charge in [-0.05, 0) is 12.8 Å². The number of carbonyl (C=O) groups excluding carboxylic acids is 1. The molecule has 2 rings (SSSR count). The molecule has 1 aromatic rings. The Morgan fingerprint density at radius 1 is 1.38 bits per heavy atom.